The molecular weight excluding hydrogens is 216 g/mol. The van der Waals surface area contributed by atoms with E-state index in [-0.39, 0.29) is 12.1 Å². The Labute approximate surface area is 106 Å². The average molecular weight is 244 g/mol. The first-order valence-corrected chi connectivity index (χ1v) is 6.30. The van der Waals surface area contributed by atoms with Gasteiger partial charge in [-0.3, -0.25) is 0 Å². The quantitative estimate of drug-likeness (QED) is 0.808. The second-order valence-corrected chi connectivity index (χ2v) is 5.99. The van der Waals surface area contributed by atoms with Gasteiger partial charge >= 0.3 is 6.09 Å². The van der Waals surface area contributed by atoms with Crippen LogP contribution < -0.4 is 5.32 Å². The first-order chi connectivity index (χ1) is 7.63. The summed E-state index contributed by atoms with van der Waals surface area (Å²) in [5.74, 6) is 0.619. The number of amides is 1. The highest BCUT2D eigenvalue weighted by molar-refractivity contribution is 5.68. The molecule has 0 aliphatic heterocycles. The maximum Gasteiger partial charge on any atom is 0.410 e. The lowest BCUT2D eigenvalue weighted by Crippen LogP contribution is -2.44. The van der Waals surface area contributed by atoms with Crippen LogP contribution in [0.5, 0.6) is 0 Å². The van der Waals surface area contributed by atoms with E-state index in [4.69, 9.17) is 4.74 Å². The van der Waals surface area contributed by atoms with Crippen LogP contribution in [0.4, 0.5) is 4.79 Å². The van der Waals surface area contributed by atoms with Crippen LogP contribution in [0.15, 0.2) is 0 Å². The van der Waals surface area contributed by atoms with Crippen LogP contribution in [0.2, 0.25) is 0 Å². The van der Waals surface area contributed by atoms with Crippen molar-refractivity contribution in [1.29, 1.82) is 0 Å². The summed E-state index contributed by atoms with van der Waals surface area (Å²) in [6.07, 6.45) is -0.267. The van der Waals surface area contributed by atoms with Gasteiger partial charge in [0.15, 0.2) is 0 Å². The Morgan fingerprint density at radius 2 is 1.76 bits per heavy atom. The molecule has 4 nitrogen and oxygen atoms in total. The van der Waals surface area contributed by atoms with Crippen LogP contribution in [-0.2, 0) is 4.74 Å². The highest BCUT2D eigenvalue weighted by Gasteiger charge is 2.22. The summed E-state index contributed by atoms with van der Waals surface area (Å²) in [7, 11) is 1.77. The van der Waals surface area contributed by atoms with Crippen molar-refractivity contribution in [3.8, 4) is 0 Å². The third kappa shape index (κ3) is 8.02. The molecule has 0 heterocycles. The lowest BCUT2D eigenvalue weighted by atomic mass is 10.2. The van der Waals surface area contributed by atoms with Crippen molar-refractivity contribution < 1.29 is 9.53 Å². The van der Waals surface area contributed by atoms with Crippen molar-refractivity contribution in [2.24, 2.45) is 5.92 Å². The van der Waals surface area contributed by atoms with Crippen LogP contribution in [-0.4, -0.2) is 42.8 Å². The molecular formula is C13H28N2O2. The van der Waals surface area contributed by atoms with Crippen molar-refractivity contribution in [2.45, 2.75) is 53.2 Å². The molecule has 0 saturated carbocycles. The molecule has 0 spiro atoms. The lowest BCUT2D eigenvalue weighted by molar-refractivity contribution is 0.0236. The summed E-state index contributed by atoms with van der Waals surface area (Å²) in [5, 5.41) is 3.33. The third-order valence-corrected chi connectivity index (χ3v) is 2.33. The van der Waals surface area contributed by atoms with Crippen LogP contribution >= 0.6 is 0 Å². The highest BCUT2D eigenvalue weighted by Crippen LogP contribution is 2.10. The van der Waals surface area contributed by atoms with Gasteiger partial charge in [-0.15, -0.1) is 0 Å². The van der Waals surface area contributed by atoms with Gasteiger partial charge in [0, 0.05) is 19.6 Å². The fraction of sp³-hybridized carbons (Fsp3) is 0.923. The Balaban J connectivity index is 4.03. The summed E-state index contributed by atoms with van der Waals surface area (Å²) in [5.41, 5.74) is -0.434. The molecule has 17 heavy (non-hydrogen) atoms. The normalized spacial score (nSPS) is 13.6. The summed E-state index contributed by atoms with van der Waals surface area (Å²) < 4.78 is 5.31. The average Bonchev–Trinajstić information content (AvgIpc) is 2.13. The summed E-state index contributed by atoms with van der Waals surface area (Å²) >= 11 is 0. The predicted octanol–water partition coefficient (Wildman–Crippen LogP) is 2.49. The minimum absolute atomic E-state index is 0.128. The molecule has 0 aromatic carbocycles. The maximum atomic E-state index is 11.8. The minimum atomic E-state index is -0.434. The highest BCUT2D eigenvalue weighted by atomic mass is 16.6. The number of rotatable bonds is 5. The van der Waals surface area contributed by atoms with Crippen molar-refractivity contribution in [1.82, 2.24) is 10.2 Å². The summed E-state index contributed by atoms with van der Waals surface area (Å²) in [6, 6.07) is 0.128. The maximum absolute atomic E-state index is 11.8. The minimum Gasteiger partial charge on any atom is -0.444 e. The van der Waals surface area contributed by atoms with E-state index in [0.717, 1.165) is 13.1 Å². The Morgan fingerprint density at radius 3 is 2.18 bits per heavy atom. The molecule has 1 atom stereocenters. The number of hydrogen-bond acceptors (Lipinski definition) is 3. The number of ether oxygens (including phenoxy) is 1. The second-order valence-electron chi connectivity index (χ2n) is 5.99. The largest absolute Gasteiger partial charge is 0.444 e. The summed E-state index contributed by atoms with van der Waals surface area (Å²) in [6.45, 7) is 13.7. The van der Waals surface area contributed by atoms with E-state index in [9.17, 15) is 4.79 Å². The topological polar surface area (TPSA) is 41.6 Å². The van der Waals surface area contributed by atoms with E-state index in [2.05, 4.69) is 19.2 Å². The molecule has 0 fully saturated rings. The van der Waals surface area contributed by atoms with E-state index in [1.165, 1.54) is 0 Å². The second kappa shape index (κ2) is 6.84. The Hall–Kier alpha value is -0.770. The zero-order valence-electron chi connectivity index (χ0n) is 12.3. The van der Waals surface area contributed by atoms with Gasteiger partial charge in [-0.1, -0.05) is 13.8 Å². The van der Waals surface area contributed by atoms with E-state index in [1.807, 2.05) is 27.7 Å². The molecule has 0 rings (SSSR count). The lowest BCUT2D eigenvalue weighted by Gasteiger charge is -2.29. The molecule has 0 aromatic heterocycles. The van der Waals surface area contributed by atoms with Crippen molar-refractivity contribution in [2.75, 3.05) is 20.1 Å². The zero-order chi connectivity index (χ0) is 13.6. The van der Waals surface area contributed by atoms with Gasteiger partial charge in [0.25, 0.3) is 0 Å². The van der Waals surface area contributed by atoms with Crippen LogP contribution in [0.25, 0.3) is 0 Å². The molecule has 0 aliphatic carbocycles. The number of hydrogen-bond donors (Lipinski definition) is 1. The van der Waals surface area contributed by atoms with Gasteiger partial charge in [0.2, 0.25) is 0 Å². The van der Waals surface area contributed by atoms with Gasteiger partial charge in [-0.05, 0) is 40.2 Å². The van der Waals surface area contributed by atoms with Crippen molar-refractivity contribution in [3.63, 3.8) is 0 Å². The standard InChI is InChI=1S/C13H28N2O2/c1-10(2)8-14-9-11(3)15(7)12(16)17-13(4,5)6/h10-11,14H,8-9H2,1-7H3. The van der Waals surface area contributed by atoms with Crippen LogP contribution in [0, 0.1) is 5.92 Å². The molecule has 0 bridgehead atoms. The molecule has 0 aromatic rings. The number of carbonyl (C=O) groups excluding carboxylic acids is 1. The Kier molecular flexibility index (Phi) is 6.53. The molecule has 0 radical (unpaired) electrons. The number of nitrogens with one attached hydrogen (secondary N) is 1. The number of nitrogens with zero attached hydrogens (tertiary/aromatic N) is 1. The Bertz CT molecular complexity index is 234. The Morgan fingerprint density at radius 1 is 1.24 bits per heavy atom. The van der Waals surface area contributed by atoms with Crippen LogP contribution in [0.1, 0.15) is 41.5 Å². The van der Waals surface area contributed by atoms with Crippen molar-refractivity contribution >= 4 is 6.09 Å². The van der Waals surface area contributed by atoms with E-state index in [0.29, 0.717) is 5.92 Å². The monoisotopic (exact) mass is 244 g/mol. The third-order valence-electron chi connectivity index (χ3n) is 2.33. The van der Waals surface area contributed by atoms with Gasteiger partial charge in [-0.2, -0.15) is 0 Å². The molecule has 1 N–H and O–H groups in total. The van der Waals surface area contributed by atoms with E-state index < -0.39 is 5.60 Å². The van der Waals surface area contributed by atoms with Crippen molar-refractivity contribution in [3.05, 3.63) is 0 Å². The number of likely N-dealkylation sites (N-methyl/N-ethyl adjacent to an activating group) is 1. The van der Waals surface area contributed by atoms with Gasteiger partial charge in [-0.25, -0.2) is 4.79 Å². The zero-order valence-corrected chi connectivity index (χ0v) is 12.3. The van der Waals surface area contributed by atoms with Crippen LogP contribution in [0.3, 0.4) is 0 Å². The first kappa shape index (κ1) is 16.2. The van der Waals surface area contributed by atoms with Gasteiger partial charge in [0.05, 0.1) is 0 Å². The molecule has 1 amide bonds. The fourth-order valence-corrected chi connectivity index (χ4v) is 1.23. The molecule has 4 heteroatoms. The SMILES string of the molecule is CC(C)CNCC(C)N(C)C(=O)OC(C)(C)C. The fourth-order valence-electron chi connectivity index (χ4n) is 1.23. The first-order valence-electron chi connectivity index (χ1n) is 6.30. The van der Waals surface area contributed by atoms with E-state index >= 15 is 0 Å². The molecule has 1 unspecified atom stereocenters. The molecule has 0 saturated heterocycles. The molecule has 102 valence electrons. The summed E-state index contributed by atoms with van der Waals surface area (Å²) in [4.78, 5) is 13.4. The van der Waals surface area contributed by atoms with Gasteiger partial charge in [0.1, 0.15) is 5.60 Å². The predicted molar refractivity (Wildman–Crippen MR) is 71.2 cm³/mol. The molecule has 0 aliphatic rings. The van der Waals surface area contributed by atoms with Gasteiger partial charge < -0.3 is 15.0 Å². The smallest absolute Gasteiger partial charge is 0.410 e. The van der Waals surface area contributed by atoms with E-state index in [1.54, 1.807) is 11.9 Å². The number of carbonyl (C=O) groups is 1.